The third-order valence-corrected chi connectivity index (χ3v) is 2.01. The Morgan fingerprint density at radius 2 is 2.27 bits per heavy atom. The first-order valence-electron chi connectivity index (χ1n) is 3.98. The maximum atomic E-state index is 4.33. The van der Waals surface area contributed by atoms with Crippen LogP contribution < -0.4 is 0 Å². The Balaban J connectivity index is 2.54. The highest BCUT2D eigenvalue weighted by molar-refractivity contribution is 5.69. The molecule has 0 atom stereocenters. The van der Waals surface area contributed by atoms with Crippen LogP contribution in [-0.2, 0) is 6.42 Å². The lowest BCUT2D eigenvalue weighted by molar-refractivity contribution is 1.03. The van der Waals surface area contributed by atoms with Crippen LogP contribution in [0.2, 0.25) is 0 Å². The van der Waals surface area contributed by atoms with Gasteiger partial charge in [0.1, 0.15) is 0 Å². The van der Waals surface area contributed by atoms with E-state index >= 15 is 0 Å². The van der Waals surface area contributed by atoms with E-state index in [0.29, 0.717) is 0 Å². The maximum Gasteiger partial charge on any atom is 0.0660 e. The van der Waals surface area contributed by atoms with E-state index in [0.717, 1.165) is 18.5 Å². The van der Waals surface area contributed by atoms with E-state index in [1.54, 1.807) is 0 Å². The van der Waals surface area contributed by atoms with Crippen molar-refractivity contribution in [3.05, 3.63) is 29.3 Å². The molecule has 0 bridgehead atoms. The molecule has 1 heterocycles. The molecule has 11 heavy (non-hydrogen) atoms. The lowest BCUT2D eigenvalue weighted by Crippen LogP contribution is -1.93. The fourth-order valence-electron chi connectivity index (χ4n) is 1.39. The van der Waals surface area contributed by atoms with Crippen molar-refractivity contribution in [2.75, 3.05) is 0 Å². The Morgan fingerprint density at radius 1 is 1.36 bits per heavy atom. The van der Waals surface area contributed by atoms with Crippen molar-refractivity contribution in [2.45, 2.75) is 19.8 Å². The first-order chi connectivity index (χ1) is 5.36. The molecule has 0 unspecified atom stereocenters. The average Bonchev–Trinajstić information content (AvgIpc) is 2.04. The molecule has 0 saturated heterocycles. The van der Waals surface area contributed by atoms with Gasteiger partial charge in [-0.25, -0.2) is 0 Å². The second-order valence-corrected chi connectivity index (χ2v) is 2.98. The van der Waals surface area contributed by atoms with Gasteiger partial charge in [-0.05, 0) is 37.0 Å². The Labute approximate surface area is 66.8 Å². The Hall–Kier alpha value is -1.11. The molecule has 1 aromatic carbocycles. The lowest BCUT2D eigenvalue weighted by Gasteiger charge is -2.08. The van der Waals surface area contributed by atoms with Gasteiger partial charge in [0.05, 0.1) is 5.69 Å². The summed E-state index contributed by atoms with van der Waals surface area (Å²) in [6.07, 6.45) is 4.25. The molecule has 0 spiro atoms. The van der Waals surface area contributed by atoms with Gasteiger partial charge in [-0.2, -0.15) is 0 Å². The predicted molar refractivity (Wildman–Crippen MR) is 47.7 cm³/mol. The topological polar surface area (TPSA) is 12.4 Å². The second kappa shape index (κ2) is 2.50. The van der Waals surface area contributed by atoms with Crippen molar-refractivity contribution in [3.8, 4) is 0 Å². The smallest absolute Gasteiger partial charge is 0.0660 e. The number of rotatable bonds is 0. The van der Waals surface area contributed by atoms with Crippen molar-refractivity contribution in [1.29, 1.82) is 0 Å². The molecular formula is C10H11N. The summed E-state index contributed by atoms with van der Waals surface area (Å²) in [6, 6.07) is 6.48. The van der Waals surface area contributed by atoms with Crippen molar-refractivity contribution in [3.63, 3.8) is 0 Å². The van der Waals surface area contributed by atoms with E-state index in [2.05, 4.69) is 30.1 Å². The van der Waals surface area contributed by atoms with Gasteiger partial charge in [-0.1, -0.05) is 12.1 Å². The quantitative estimate of drug-likeness (QED) is 0.532. The maximum absolute atomic E-state index is 4.33. The van der Waals surface area contributed by atoms with Gasteiger partial charge in [-0.3, -0.25) is 4.99 Å². The summed E-state index contributed by atoms with van der Waals surface area (Å²) < 4.78 is 0. The molecule has 0 radical (unpaired) electrons. The Morgan fingerprint density at radius 3 is 3.18 bits per heavy atom. The van der Waals surface area contributed by atoms with Crippen molar-refractivity contribution in [1.82, 2.24) is 0 Å². The summed E-state index contributed by atoms with van der Waals surface area (Å²) in [6.45, 7) is 2.10. The van der Waals surface area contributed by atoms with Crippen LogP contribution in [0.5, 0.6) is 0 Å². The molecule has 2 rings (SSSR count). The first-order valence-corrected chi connectivity index (χ1v) is 3.98. The van der Waals surface area contributed by atoms with Crippen LogP contribution in [0, 0.1) is 6.92 Å². The van der Waals surface area contributed by atoms with Crippen LogP contribution in [-0.4, -0.2) is 6.21 Å². The molecule has 1 aromatic rings. The summed E-state index contributed by atoms with van der Waals surface area (Å²) in [5.74, 6) is 0. The van der Waals surface area contributed by atoms with Crippen LogP contribution in [0.15, 0.2) is 23.2 Å². The Bertz CT molecular complexity index is 300. The van der Waals surface area contributed by atoms with E-state index in [1.807, 2.05) is 6.21 Å². The van der Waals surface area contributed by atoms with Crippen LogP contribution in [0.1, 0.15) is 17.5 Å². The summed E-state index contributed by atoms with van der Waals surface area (Å²) in [5.41, 5.74) is 3.84. The molecule has 0 aliphatic carbocycles. The minimum Gasteiger partial charge on any atom is -0.261 e. The second-order valence-electron chi connectivity index (χ2n) is 2.98. The predicted octanol–water partition coefficient (Wildman–Crippen LogP) is 2.64. The number of aliphatic imine (C=N–C) groups is 1. The molecule has 1 aliphatic heterocycles. The molecule has 0 amide bonds. The van der Waals surface area contributed by atoms with Gasteiger partial charge in [0.25, 0.3) is 0 Å². The molecule has 56 valence electrons. The van der Waals surface area contributed by atoms with Crippen LogP contribution >= 0.6 is 0 Å². The van der Waals surface area contributed by atoms with Gasteiger partial charge in [0.2, 0.25) is 0 Å². The third-order valence-electron chi connectivity index (χ3n) is 2.01. The normalized spacial score (nSPS) is 14.6. The largest absolute Gasteiger partial charge is 0.261 e. The first kappa shape index (κ1) is 6.59. The molecule has 0 N–H and O–H groups in total. The van der Waals surface area contributed by atoms with Gasteiger partial charge in [-0.15, -0.1) is 0 Å². The van der Waals surface area contributed by atoms with Crippen molar-refractivity contribution < 1.29 is 0 Å². The van der Waals surface area contributed by atoms with E-state index in [1.165, 1.54) is 11.1 Å². The SMILES string of the molecule is Cc1ccc2c(c1)N=CCC2. The number of aryl methyl sites for hydroxylation is 2. The minimum absolute atomic E-state index is 1.09. The monoisotopic (exact) mass is 145 g/mol. The molecule has 1 nitrogen and oxygen atoms in total. The number of benzene rings is 1. The highest BCUT2D eigenvalue weighted by Gasteiger charge is 2.03. The summed E-state index contributed by atoms with van der Waals surface area (Å²) in [5, 5.41) is 0. The minimum atomic E-state index is 1.09. The zero-order valence-corrected chi connectivity index (χ0v) is 6.67. The van der Waals surface area contributed by atoms with Crippen molar-refractivity contribution >= 4 is 11.9 Å². The summed E-state index contributed by atoms with van der Waals surface area (Å²) in [4.78, 5) is 4.33. The Kier molecular flexibility index (Phi) is 1.50. The number of fused-ring (bicyclic) bond motifs is 1. The zero-order chi connectivity index (χ0) is 7.68. The van der Waals surface area contributed by atoms with Crippen molar-refractivity contribution in [2.24, 2.45) is 4.99 Å². The molecule has 0 fully saturated rings. The molecule has 0 aromatic heterocycles. The lowest BCUT2D eigenvalue weighted by atomic mass is 10.0. The third kappa shape index (κ3) is 1.18. The fourth-order valence-corrected chi connectivity index (χ4v) is 1.39. The fraction of sp³-hybridized carbons (Fsp3) is 0.300. The van der Waals surface area contributed by atoms with E-state index in [9.17, 15) is 0 Å². The standard InChI is InChI=1S/C10H11N/c1-8-4-5-9-3-2-6-11-10(9)7-8/h4-7H,2-3H2,1H3. The molecular weight excluding hydrogens is 134 g/mol. The van der Waals surface area contributed by atoms with E-state index in [-0.39, 0.29) is 0 Å². The molecule has 1 aliphatic rings. The number of hydrogen-bond donors (Lipinski definition) is 0. The van der Waals surface area contributed by atoms with Gasteiger partial charge in [0.15, 0.2) is 0 Å². The van der Waals surface area contributed by atoms with E-state index < -0.39 is 0 Å². The van der Waals surface area contributed by atoms with Gasteiger partial charge < -0.3 is 0 Å². The number of nitrogens with zero attached hydrogens (tertiary/aromatic N) is 1. The van der Waals surface area contributed by atoms with Crippen LogP contribution in [0.4, 0.5) is 5.69 Å². The number of hydrogen-bond acceptors (Lipinski definition) is 1. The average molecular weight is 145 g/mol. The zero-order valence-electron chi connectivity index (χ0n) is 6.67. The van der Waals surface area contributed by atoms with E-state index in [4.69, 9.17) is 0 Å². The summed E-state index contributed by atoms with van der Waals surface area (Å²) >= 11 is 0. The molecule has 1 heteroatoms. The van der Waals surface area contributed by atoms with Gasteiger partial charge in [0, 0.05) is 6.21 Å². The van der Waals surface area contributed by atoms with Gasteiger partial charge >= 0.3 is 0 Å². The molecule has 0 saturated carbocycles. The van der Waals surface area contributed by atoms with Crippen LogP contribution in [0.3, 0.4) is 0 Å². The van der Waals surface area contributed by atoms with Crippen LogP contribution in [0.25, 0.3) is 0 Å². The highest BCUT2D eigenvalue weighted by atomic mass is 14.7. The summed E-state index contributed by atoms with van der Waals surface area (Å²) in [7, 11) is 0. The highest BCUT2D eigenvalue weighted by Crippen LogP contribution is 2.24.